The van der Waals surface area contributed by atoms with Crippen LogP contribution in [0.15, 0.2) is 36.4 Å². The predicted octanol–water partition coefficient (Wildman–Crippen LogP) is 4.78. The van der Waals surface area contributed by atoms with Gasteiger partial charge in [0.05, 0.1) is 11.2 Å². The molecule has 0 bridgehead atoms. The number of halogens is 1. The zero-order valence-electron chi connectivity index (χ0n) is 16.2. The maximum absolute atomic E-state index is 14.2. The molecule has 0 aliphatic heterocycles. The third-order valence-electron chi connectivity index (χ3n) is 5.39. The van der Waals surface area contributed by atoms with Crippen molar-refractivity contribution in [1.82, 2.24) is 10.2 Å². The van der Waals surface area contributed by atoms with Gasteiger partial charge in [-0.25, -0.2) is 4.39 Å². The van der Waals surface area contributed by atoms with E-state index in [1.165, 1.54) is 18.2 Å². The minimum atomic E-state index is -0.534. The molecule has 0 radical (unpaired) electrons. The van der Waals surface area contributed by atoms with Crippen LogP contribution < -0.4 is 10.6 Å². The zero-order chi connectivity index (χ0) is 20.4. The highest BCUT2D eigenvalue weighted by atomic mass is 19.1. The van der Waals surface area contributed by atoms with Gasteiger partial charge in [-0.2, -0.15) is 5.10 Å². The Labute approximate surface area is 167 Å². The molecule has 7 heteroatoms. The Morgan fingerprint density at radius 1 is 1.07 bits per heavy atom. The molecule has 0 saturated heterocycles. The monoisotopic (exact) mass is 394 g/mol. The Morgan fingerprint density at radius 3 is 2.66 bits per heavy atom. The standard InChI is InChI=1S/C22H23FN4O2/c1-13-7-10-18-16(11-13)20(27-26-18)22(29)24-15-8-9-17(23)19(12-15)25-21(28)14-5-3-2-4-6-14/h7-12,14H,2-6H2,1H3,(H,24,29)(H,25,28)(H,26,27). The van der Waals surface area contributed by atoms with Gasteiger partial charge in [-0.1, -0.05) is 30.9 Å². The van der Waals surface area contributed by atoms with Crippen LogP contribution in [0.1, 0.15) is 48.2 Å². The Balaban J connectivity index is 1.51. The molecule has 0 unspecified atom stereocenters. The molecule has 1 aromatic heterocycles. The second-order valence-electron chi connectivity index (χ2n) is 7.59. The lowest BCUT2D eigenvalue weighted by Crippen LogP contribution is -2.25. The third-order valence-corrected chi connectivity index (χ3v) is 5.39. The first-order valence-corrected chi connectivity index (χ1v) is 9.88. The number of aromatic amines is 1. The number of hydrogen-bond donors (Lipinski definition) is 3. The summed E-state index contributed by atoms with van der Waals surface area (Å²) in [7, 11) is 0. The fraction of sp³-hybridized carbons (Fsp3) is 0.318. The lowest BCUT2D eigenvalue weighted by molar-refractivity contribution is -0.120. The van der Waals surface area contributed by atoms with Crippen molar-refractivity contribution in [1.29, 1.82) is 0 Å². The fourth-order valence-corrected chi connectivity index (χ4v) is 3.79. The number of hydrogen-bond acceptors (Lipinski definition) is 3. The second-order valence-corrected chi connectivity index (χ2v) is 7.59. The number of H-pyrrole nitrogens is 1. The number of nitrogens with zero attached hydrogens (tertiary/aromatic N) is 1. The molecule has 4 rings (SSSR count). The van der Waals surface area contributed by atoms with Crippen molar-refractivity contribution in [3.63, 3.8) is 0 Å². The molecule has 0 atom stereocenters. The molecule has 3 aromatic rings. The molecule has 2 amide bonds. The topological polar surface area (TPSA) is 86.9 Å². The van der Waals surface area contributed by atoms with Crippen LogP contribution in [-0.2, 0) is 4.79 Å². The molecule has 1 aliphatic rings. The zero-order valence-corrected chi connectivity index (χ0v) is 16.2. The highest BCUT2D eigenvalue weighted by Crippen LogP contribution is 2.27. The molecule has 0 spiro atoms. The first kappa shape index (κ1) is 19.1. The van der Waals surface area contributed by atoms with E-state index in [0.717, 1.165) is 48.6 Å². The maximum atomic E-state index is 14.2. The van der Waals surface area contributed by atoms with Crippen LogP contribution >= 0.6 is 0 Å². The van der Waals surface area contributed by atoms with Gasteiger partial charge in [0.2, 0.25) is 5.91 Å². The summed E-state index contributed by atoms with van der Waals surface area (Å²) in [5, 5.41) is 13.1. The smallest absolute Gasteiger partial charge is 0.276 e. The van der Waals surface area contributed by atoms with Gasteiger partial charge in [0, 0.05) is 17.0 Å². The van der Waals surface area contributed by atoms with Gasteiger partial charge < -0.3 is 10.6 Å². The maximum Gasteiger partial charge on any atom is 0.276 e. The van der Waals surface area contributed by atoms with Gasteiger partial charge in [-0.3, -0.25) is 14.7 Å². The normalized spacial score (nSPS) is 14.7. The Morgan fingerprint density at radius 2 is 1.86 bits per heavy atom. The molecule has 2 aromatic carbocycles. The van der Waals surface area contributed by atoms with Crippen molar-refractivity contribution >= 4 is 34.1 Å². The fourth-order valence-electron chi connectivity index (χ4n) is 3.79. The number of carbonyl (C=O) groups is 2. The lowest BCUT2D eigenvalue weighted by atomic mass is 9.88. The average molecular weight is 394 g/mol. The molecule has 3 N–H and O–H groups in total. The van der Waals surface area contributed by atoms with E-state index < -0.39 is 11.7 Å². The van der Waals surface area contributed by atoms with Crippen LogP contribution in [0.5, 0.6) is 0 Å². The van der Waals surface area contributed by atoms with Gasteiger partial charge in [-0.15, -0.1) is 0 Å². The number of nitrogens with one attached hydrogen (secondary N) is 3. The second kappa shape index (κ2) is 8.03. The molecule has 1 saturated carbocycles. The minimum Gasteiger partial charge on any atom is -0.323 e. The van der Waals surface area contributed by atoms with Crippen LogP contribution in [0.2, 0.25) is 0 Å². The number of carbonyl (C=O) groups excluding carboxylic acids is 2. The Hall–Kier alpha value is -3.22. The van der Waals surface area contributed by atoms with E-state index in [1.54, 1.807) is 0 Å². The van der Waals surface area contributed by atoms with Gasteiger partial charge in [0.1, 0.15) is 5.82 Å². The summed E-state index contributed by atoms with van der Waals surface area (Å²) in [5.74, 6) is -1.19. The van der Waals surface area contributed by atoms with Crippen molar-refractivity contribution < 1.29 is 14.0 Å². The van der Waals surface area contributed by atoms with Gasteiger partial charge in [-0.05, 0) is 50.1 Å². The number of fused-ring (bicyclic) bond motifs is 1. The molecular weight excluding hydrogens is 371 g/mol. The van der Waals surface area contributed by atoms with Crippen molar-refractivity contribution in [3.8, 4) is 0 Å². The SMILES string of the molecule is Cc1ccc2[nH]nc(C(=O)Nc3ccc(F)c(NC(=O)C4CCCCC4)c3)c2c1. The Bertz CT molecular complexity index is 1070. The van der Waals surface area contributed by atoms with Gasteiger partial charge in [0.25, 0.3) is 5.91 Å². The third kappa shape index (κ3) is 4.13. The number of aryl methyl sites for hydroxylation is 1. The summed E-state index contributed by atoms with van der Waals surface area (Å²) in [4.78, 5) is 25.1. The molecule has 6 nitrogen and oxygen atoms in total. The van der Waals surface area contributed by atoms with Gasteiger partial charge >= 0.3 is 0 Å². The quantitative estimate of drug-likeness (QED) is 0.595. The highest BCUT2D eigenvalue weighted by molar-refractivity contribution is 6.11. The number of anilines is 2. The van der Waals surface area contributed by atoms with Crippen LogP contribution in [0.4, 0.5) is 15.8 Å². The van der Waals surface area contributed by atoms with Crippen LogP contribution in [0.25, 0.3) is 10.9 Å². The van der Waals surface area contributed by atoms with Crippen LogP contribution in [0.3, 0.4) is 0 Å². The summed E-state index contributed by atoms with van der Waals surface area (Å²) in [6.07, 6.45) is 4.84. The lowest BCUT2D eigenvalue weighted by Gasteiger charge is -2.21. The van der Waals surface area contributed by atoms with E-state index in [2.05, 4.69) is 20.8 Å². The van der Waals surface area contributed by atoms with Crippen molar-refractivity contribution in [3.05, 3.63) is 53.5 Å². The van der Waals surface area contributed by atoms with Crippen molar-refractivity contribution in [2.75, 3.05) is 10.6 Å². The molecule has 29 heavy (non-hydrogen) atoms. The molecule has 150 valence electrons. The summed E-state index contributed by atoms with van der Waals surface area (Å²) >= 11 is 0. The van der Waals surface area contributed by atoms with Crippen molar-refractivity contribution in [2.24, 2.45) is 5.92 Å². The summed E-state index contributed by atoms with van der Waals surface area (Å²) < 4.78 is 14.2. The minimum absolute atomic E-state index is 0.0705. The number of benzene rings is 2. The first-order valence-electron chi connectivity index (χ1n) is 9.88. The number of aromatic nitrogens is 2. The van der Waals surface area contributed by atoms with Crippen molar-refractivity contribution in [2.45, 2.75) is 39.0 Å². The van der Waals surface area contributed by atoms with E-state index in [9.17, 15) is 14.0 Å². The van der Waals surface area contributed by atoms with E-state index in [0.29, 0.717) is 5.69 Å². The highest BCUT2D eigenvalue weighted by Gasteiger charge is 2.22. The van der Waals surface area contributed by atoms with Gasteiger partial charge in [0.15, 0.2) is 5.69 Å². The van der Waals surface area contributed by atoms with Crippen LogP contribution in [0, 0.1) is 18.7 Å². The largest absolute Gasteiger partial charge is 0.323 e. The molecule has 1 aliphatic carbocycles. The van der Waals surface area contributed by atoms with E-state index in [-0.39, 0.29) is 23.2 Å². The van der Waals surface area contributed by atoms with Crippen LogP contribution in [-0.4, -0.2) is 22.0 Å². The first-order chi connectivity index (χ1) is 14.0. The van der Waals surface area contributed by atoms with E-state index >= 15 is 0 Å². The predicted molar refractivity (Wildman–Crippen MR) is 110 cm³/mol. The average Bonchev–Trinajstić information content (AvgIpc) is 3.14. The summed E-state index contributed by atoms with van der Waals surface area (Å²) in [6.45, 7) is 1.94. The Kier molecular flexibility index (Phi) is 5.29. The molecular formula is C22H23FN4O2. The molecule has 1 heterocycles. The number of amides is 2. The number of rotatable bonds is 4. The summed E-state index contributed by atoms with van der Waals surface area (Å²) in [5.41, 5.74) is 2.50. The molecule has 1 fully saturated rings. The van der Waals surface area contributed by atoms with E-state index in [1.807, 2.05) is 25.1 Å². The summed E-state index contributed by atoms with van der Waals surface area (Å²) in [6, 6.07) is 9.82. The van der Waals surface area contributed by atoms with E-state index in [4.69, 9.17) is 0 Å².